The number of nitrogens with one attached hydrogen (secondary N) is 2. The topological polar surface area (TPSA) is 93.5 Å². The molecule has 2 saturated heterocycles. The molecule has 3 aromatic heterocycles. The zero-order valence-corrected chi connectivity index (χ0v) is 17.3. The van der Waals surface area contributed by atoms with E-state index in [9.17, 15) is 0 Å². The third kappa shape index (κ3) is 3.08. The van der Waals surface area contributed by atoms with Gasteiger partial charge in [0, 0.05) is 12.1 Å². The number of fused-ring (bicyclic) bond motifs is 4. The summed E-state index contributed by atoms with van der Waals surface area (Å²) in [5.74, 6) is 2.23. The van der Waals surface area contributed by atoms with Crippen molar-refractivity contribution in [3.05, 3.63) is 42.0 Å². The number of aromatic amines is 1. The van der Waals surface area contributed by atoms with E-state index in [2.05, 4.69) is 20.0 Å². The number of hydrogen-bond acceptors (Lipinski definition) is 6. The normalized spacial score (nSPS) is 25.5. The summed E-state index contributed by atoms with van der Waals surface area (Å²) >= 11 is 0. The molecule has 5 heterocycles. The summed E-state index contributed by atoms with van der Waals surface area (Å²) in [5.41, 5.74) is 4.87. The summed E-state index contributed by atoms with van der Waals surface area (Å²) in [4.78, 5) is 17.9. The number of rotatable bonds is 5. The third-order valence-electron chi connectivity index (χ3n) is 6.89. The summed E-state index contributed by atoms with van der Waals surface area (Å²) in [7, 11) is 0. The number of para-hydroxylation sites is 2. The van der Waals surface area contributed by atoms with Crippen LogP contribution < -0.4 is 5.32 Å². The van der Waals surface area contributed by atoms with Crippen molar-refractivity contribution in [3.8, 4) is 0 Å². The fourth-order valence-electron chi connectivity index (χ4n) is 5.16. The van der Waals surface area contributed by atoms with Crippen LogP contribution >= 0.6 is 0 Å². The molecule has 2 unspecified atom stereocenters. The minimum Gasteiger partial charge on any atom is -0.375 e. The van der Waals surface area contributed by atoms with Gasteiger partial charge in [0.2, 0.25) is 0 Å². The first-order valence-corrected chi connectivity index (χ1v) is 11.4. The largest absolute Gasteiger partial charge is 0.375 e. The molecule has 2 aliphatic heterocycles. The molecule has 3 fully saturated rings. The number of nitrogens with zero attached hydrogens (tertiary/aromatic N) is 5. The van der Waals surface area contributed by atoms with E-state index in [0.717, 1.165) is 65.2 Å². The average molecular weight is 416 g/mol. The molecule has 2 atom stereocenters. The molecule has 0 radical (unpaired) electrons. The molecular formula is C23H25N7O. The van der Waals surface area contributed by atoms with Crippen LogP contribution in [0.5, 0.6) is 0 Å². The molecule has 158 valence electrons. The van der Waals surface area contributed by atoms with Crippen LogP contribution in [0.3, 0.4) is 0 Å². The van der Waals surface area contributed by atoms with E-state index < -0.39 is 0 Å². The molecule has 4 aromatic rings. The van der Waals surface area contributed by atoms with Crippen molar-refractivity contribution < 1.29 is 4.74 Å². The molecular weight excluding hydrogens is 390 g/mol. The number of ether oxygens (including phenoxy) is 1. The average Bonchev–Trinajstić information content (AvgIpc) is 3.34. The summed E-state index contributed by atoms with van der Waals surface area (Å²) in [6.45, 7) is 0.561. The van der Waals surface area contributed by atoms with E-state index in [0.29, 0.717) is 30.7 Å². The fraction of sp³-hybridized carbons (Fsp3) is 0.478. The van der Waals surface area contributed by atoms with Crippen molar-refractivity contribution in [1.29, 1.82) is 0 Å². The lowest BCUT2D eigenvalue weighted by molar-refractivity contribution is -0.0173. The van der Waals surface area contributed by atoms with E-state index in [1.807, 2.05) is 30.5 Å². The molecule has 1 aromatic carbocycles. The highest BCUT2D eigenvalue weighted by Crippen LogP contribution is 2.42. The number of H-pyrrole nitrogens is 1. The van der Waals surface area contributed by atoms with Gasteiger partial charge < -0.3 is 15.0 Å². The van der Waals surface area contributed by atoms with Crippen LogP contribution in [0.15, 0.2) is 30.5 Å². The number of aromatic nitrogens is 6. The van der Waals surface area contributed by atoms with Crippen LogP contribution in [0.2, 0.25) is 0 Å². The van der Waals surface area contributed by atoms with Gasteiger partial charge in [0.15, 0.2) is 17.0 Å². The minimum absolute atomic E-state index is 0.319. The Morgan fingerprint density at radius 3 is 2.71 bits per heavy atom. The predicted octanol–water partition coefficient (Wildman–Crippen LogP) is 4.07. The third-order valence-corrected chi connectivity index (χ3v) is 6.89. The Morgan fingerprint density at radius 1 is 1.06 bits per heavy atom. The van der Waals surface area contributed by atoms with Crippen molar-refractivity contribution in [2.45, 2.75) is 69.2 Å². The molecule has 1 aliphatic carbocycles. The first-order valence-electron chi connectivity index (χ1n) is 11.4. The Kier molecular flexibility index (Phi) is 3.84. The second-order valence-corrected chi connectivity index (χ2v) is 9.17. The molecule has 2 bridgehead atoms. The first-order chi connectivity index (χ1) is 15.3. The van der Waals surface area contributed by atoms with Crippen LogP contribution in [0.4, 0.5) is 5.82 Å². The van der Waals surface area contributed by atoms with Crippen LogP contribution in [0.1, 0.15) is 62.0 Å². The van der Waals surface area contributed by atoms with Crippen LogP contribution in [-0.4, -0.2) is 41.9 Å². The van der Waals surface area contributed by atoms with E-state index in [1.165, 1.54) is 12.8 Å². The first kappa shape index (κ1) is 17.7. The molecule has 2 N–H and O–H groups in total. The maximum Gasteiger partial charge on any atom is 0.179 e. The molecule has 7 rings (SSSR count). The number of benzene rings is 1. The smallest absolute Gasteiger partial charge is 0.179 e. The number of hydrogen-bond donors (Lipinski definition) is 2. The zero-order chi connectivity index (χ0) is 20.4. The summed E-state index contributed by atoms with van der Waals surface area (Å²) in [6.07, 6.45) is 9.42. The van der Waals surface area contributed by atoms with Crippen molar-refractivity contribution in [3.63, 3.8) is 0 Å². The van der Waals surface area contributed by atoms with Gasteiger partial charge in [-0.25, -0.2) is 19.6 Å². The van der Waals surface area contributed by atoms with Gasteiger partial charge in [-0.1, -0.05) is 12.1 Å². The van der Waals surface area contributed by atoms with Crippen molar-refractivity contribution in [2.75, 3.05) is 5.32 Å². The highest BCUT2D eigenvalue weighted by atomic mass is 16.5. The lowest BCUT2D eigenvalue weighted by Crippen LogP contribution is -2.28. The van der Waals surface area contributed by atoms with E-state index >= 15 is 0 Å². The molecule has 3 aliphatic rings. The van der Waals surface area contributed by atoms with Gasteiger partial charge in [-0.3, -0.25) is 0 Å². The Balaban J connectivity index is 1.24. The fourth-order valence-corrected chi connectivity index (χ4v) is 5.16. The number of imidazole rings is 1. The SMILES string of the molecule is c1ccc2[nH]c(CNc3nn(C4CC5CCC(C4)O5)c4nc(C5CC5)cnc34)nc2c1. The van der Waals surface area contributed by atoms with Gasteiger partial charge >= 0.3 is 0 Å². The summed E-state index contributed by atoms with van der Waals surface area (Å²) < 4.78 is 8.20. The van der Waals surface area contributed by atoms with Gasteiger partial charge in [0.25, 0.3) is 0 Å². The molecule has 31 heavy (non-hydrogen) atoms. The van der Waals surface area contributed by atoms with E-state index in [1.54, 1.807) is 0 Å². The molecule has 0 amide bonds. The van der Waals surface area contributed by atoms with Crippen LogP contribution in [0.25, 0.3) is 22.2 Å². The van der Waals surface area contributed by atoms with Crippen LogP contribution in [0, 0.1) is 0 Å². The van der Waals surface area contributed by atoms with E-state index in [4.69, 9.17) is 19.8 Å². The Morgan fingerprint density at radius 2 is 1.90 bits per heavy atom. The standard InChI is InChI=1S/C23H25N7O/c1-2-4-18-17(3-1)26-20(27-18)12-25-22-21-23(28-19(11-24-21)13-5-6-13)30(29-22)14-9-15-7-8-16(10-14)31-15/h1-4,11,13-16H,5-10,12H2,(H,25,29)(H,26,27). The maximum absolute atomic E-state index is 6.07. The van der Waals surface area contributed by atoms with Gasteiger partial charge in [-0.2, -0.15) is 5.10 Å². The lowest BCUT2D eigenvalue weighted by atomic mass is 10.0. The monoisotopic (exact) mass is 415 g/mol. The minimum atomic E-state index is 0.319. The summed E-state index contributed by atoms with van der Waals surface area (Å²) in [5, 5.41) is 8.45. The van der Waals surface area contributed by atoms with Gasteiger partial charge in [-0.05, 0) is 50.7 Å². The van der Waals surface area contributed by atoms with Gasteiger partial charge in [0.05, 0.1) is 41.5 Å². The molecule has 8 nitrogen and oxygen atoms in total. The highest BCUT2D eigenvalue weighted by molar-refractivity contribution is 5.83. The quantitative estimate of drug-likeness (QED) is 0.510. The van der Waals surface area contributed by atoms with Crippen molar-refractivity contribution in [2.24, 2.45) is 0 Å². The lowest BCUT2D eigenvalue weighted by Gasteiger charge is -2.28. The number of anilines is 1. The van der Waals surface area contributed by atoms with Gasteiger partial charge in [-0.15, -0.1) is 0 Å². The predicted molar refractivity (Wildman–Crippen MR) is 117 cm³/mol. The highest BCUT2D eigenvalue weighted by Gasteiger charge is 2.37. The molecule has 0 spiro atoms. The Labute approximate surface area is 179 Å². The van der Waals surface area contributed by atoms with Crippen LogP contribution in [-0.2, 0) is 11.3 Å². The zero-order valence-electron chi connectivity index (χ0n) is 17.3. The second-order valence-electron chi connectivity index (χ2n) is 9.17. The Bertz CT molecular complexity index is 1230. The van der Waals surface area contributed by atoms with Crippen molar-refractivity contribution in [1.82, 2.24) is 29.7 Å². The van der Waals surface area contributed by atoms with E-state index in [-0.39, 0.29) is 0 Å². The summed E-state index contributed by atoms with van der Waals surface area (Å²) in [6, 6.07) is 8.40. The second kappa shape index (κ2) is 6.75. The Hall–Kier alpha value is -3.00. The molecule has 8 heteroatoms. The van der Waals surface area contributed by atoms with Crippen molar-refractivity contribution >= 4 is 28.0 Å². The maximum atomic E-state index is 6.07. The van der Waals surface area contributed by atoms with Gasteiger partial charge in [0.1, 0.15) is 5.82 Å². The molecule has 1 saturated carbocycles.